The summed E-state index contributed by atoms with van der Waals surface area (Å²) in [5.41, 5.74) is 6.60. The van der Waals surface area contributed by atoms with Crippen molar-refractivity contribution in [3.63, 3.8) is 0 Å². The molecule has 2 heterocycles. The molecular weight excluding hydrogens is 340 g/mol. The van der Waals surface area contributed by atoms with E-state index in [4.69, 9.17) is 4.84 Å². The minimum absolute atomic E-state index is 0.103. The van der Waals surface area contributed by atoms with Gasteiger partial charge in [0.1, 0.15) is 6.04 Å². The first-order valence-electron chi connectivity index (χ1n) is 11.4. The minimum atomic E-state index is -0.198. The van der Waals surface area contributed by atoms with Gasteiger partial charge in [0.25, 0.3) is 0 Å². The second-order valence-electron chi connectivity index (χ2n) is 9.40. The molecule has 2 aliphatic carbocycles. The van der Waals surface area contributed by atoms with E-state index in [-0.39, 0.29) is 30.1 Å². The van der Waals surface area contributed by atoms with E-state index >= 15 is 0 Å². The lowest BCUT2D eigenvalue weighted by Crippen LogP contribution is -2.49. The maximum atomic E-state index is 12.8. The summed E-state index contributed by atoms with van der Waals surface area (Å²) in [6.45, 7) is 4.20. The number of carbonyl (C=O) groups is 1. The summed E-state index contributed by atoms with van der Waals surface area (Å²) in [7, 11) is 0. The van der Waals surface area contributed by atoms with Gasteiger partial charge in [0.2, 0.25) is 5.91 Å². The average molecular weight is 379 g/mol. The normalized spacial score (nSPS) is 36.9. The van der Waals surface area contributed by atoms with E-state index in [1.807, 2.05) is 0 Å². The molecule has 2 aliphatic heterocycles. The molecule has 154 valence electrons. The number of nitrogens with zero attached hydrogens (tertiary/aromatic N) is 1. The molecule has 0 radical (unpaired) electrons. The van der Waals surface area contributed by atoms with Crippen LogP contribution in [0.5, 0.6) is 0 Å². The van der Waals surface area contributed by atoms with Crippen LogP contribution in [-0.2, 0) is 9.63 Å². The zero-order valence-corrected chi connectivity index (χ0v) is 16.9. The summed E-state index contributed by atoms with van der Waals surface area (Å²) in [5, 5.41) is 5.62. The van der Waals surface area contributed by atoms with Crippen LogP contribution in [-0.4, -0.2) is 48.2 Å². The zero-order chi connectivity index (χ0) is 18.6. The first kappa shape index (κ1) is 19.6. The van der Waals surface area contributed by atoms with Crippen LogP contribution in [0.25, 0.3) is 0 Å². The van der Waals surface area contributed by atoms with E-state index < -0.39 is 0 Å². The quantitative estimate of drug-likeness (QED) is 0.686. The van der Waals surface area contributed by atoms with Gasteiger partial charge in [-0.1, -0.05) is 38.5 Å². The maximum absolute atomic E-state index is 12.8. The third-order valence-corrected chi connectivity index (χ3v) is 7.26. The molecule has 2 saturated heterocycles. The van der Waals surface area contributed by atoms with Gasteiger partial charge in [0.15, 0.2) is 0 Å². The highest BCUT2D eigenvalue weighted by Gasteiger charge is 2.38. The van der Waals surface area contributed by atoms with Gasteiger partial charge >= 0.3 is 0 Å². The molecule has 4 unspecified atom stereocenters. The van der Waals surface area contributed by atoms with E-state index in [0.717, 1.165) is 25.4 Å². The van der Waals surface area contributed by atoms with Gasteiger partial charge in [0, 0.05) is 25.6 Å². The molecule has 2 saturated carbocycles. The second-order valence-corrected chi connectivity index (χ2v) is 9.40. The average Bonchev–Trinajstić information content (AvgIpc) is 3.31. The molecule has 27 heavy (non-hydrogen) atoms. The summed E-state index contributed by atoms with van der Waals surface area (Å²) in [4.78, 5) is 18.6. The van der Waals surface area contributed by atoms with Crippen LogP contribution >= 0.6 is 0 Å². The Morgan fingerprint density at radius 1 is 1.07 bits per heavy atom. The molecule has 1 amide bonds. The Balaban J connectivity index is 1.22. The lowest BCUT2D eigenvalue weighted by Gasteiger charge is -2.26. The van der Waals surface area contributed by atoms with Crippen LogP contribution in [0.2, 0.25) is 0 Å². The number of carbonyl (C=O) groups excluding carboxylic acids is 1. The molecule has 6 heteroatoms. The van der Waals surface area contributed by atoms with Gasteiger partial charge in [0.05, 0.1) is 12.1 Å². The molecule has 3 N–H and O–H groups in total. The van der Waals surface area contributed by atoms with Crippen molar-refractivity contribution in [2.75, 3.05) is 13.1 Å². The number of rotatable bonds is 5. The van der Waals surface area contributed by atoms with Crippen molar-refractivity contribution in [1.29, 1.82) is 0 Å². The molecule has 4 aliphatic rings. The lowest BCUT2D eigenvalue weighted by atomic mass is 9.83. The molecule has 4 atom stereocenters. The Morgan fingerprint density at radius 2 is 1.78 bits per heavy atom. The van der Waals surface area contributed by atoms with Crippen molar-refractivity contribution in [3.05, 3.63) is 0 Å². The standard InChI is InChI=1S/C21H38N4O2/c1-15-19(14-25(23-15)13-16-8-4-2-5-9-16)22-21(26)18-12-20(27-24-18)17-10-6-3-7-11-17/h15-20,23-24H,2-14H2,1H3,(H,22,26). The van der Waals surface area contributed by atoms with Gasteiger partial charge in [-0.15, -0.1) is 0 Å². The molecule has 6 nitrogen and oxygen atoms in total. The third-order valence-electron chi connectivity index (χ3n) is 7.26. The van der Waals surface area contributed by atoms with Crippen LogP contribution < -0.4 is 16.2 Å². The largest absolute Gasteiger partial charge is 0.349 e. The maximum Gasteiger partial charge on any atom is 0.239 e. The van der Waals surface area contributed by atoms with E-state index in [1.165, 1.54) is 64.2 Å². The highest BCUT2D eigenvalue weighted by atomic mass is 16.7. The fraction of sp³-hybridized carbons (Fsp3) is 0.952. The number of amides is 1. The predicted octanol–water partition coefficient (Wildman–Crippen LogP) is 2.50. The number of nitrogens with one attached hydrogen (secondary N) is 3. The summed E-state index contributed by atoms with van der Waals surface area (Å²) >= 11 is 0. The van der Waals surface area contributed by atoms with Crippen LogP contribution in [0, 0.1) is 11.8 Å². The van der Waals surface area contributed by atoms with Crippen LogP contribution in [0.3, 0.4) is 0 Å². The summed E-state index contributed by atoms with van der Waals surface area (Å²) in [5.74, 6) is 1.54. The van der Waals surface area contributed by atoms with Crippen molar-refractivity contribution in [1.82, 2.24) is 21.2 Å². The van der Waals surface area contributed by atoms with Crippen LogP contribution in [0.1, 0.15) is 77.6 Å². The van der Waals surface area contributed by atoms with Crippen molar-refractivity contribution in [3.8, 4) is 0 Å². The Hall–Kier alpha value is -0.690. The number of hydrogen-bond donors (Lipinski definition) is 3. The molecular formula is C21H38N4O2. The van der Waals surface area contributed by atoms with E-state index in [0.29, 0.717) is 5.92 Å². The highest BCUT2D eigenvalue weighted by molar-refractivity contribution is 5.82. The number of hydrazine groups is 1. The SMILES string of the molecule is CC1NN(CC2CCCCC2)CC1NC(=O)C1CC(C2CCCCC2)ON1. The summed E-state index contributed by atoms with van der Waals surface area (Å²) in [6.07, 6.45) is 14.4. The first-order valence-corrected chi connectivity index (χ1v) is 11.4. The lowest BCUT2D eigenvalue weighted by molar-refractivity contribution is -0.125. The first-order chi connectivity index (χ1) is 13.2. The van der Waals surface area contributed by atoms with E-state index in [1.54, 1.807) is 0 Å². The number of hydroxylamine groups is 1. The molecule has 0 aromatic carbocycles. The molecule has 0 bridgehead atoms. The van der Waals surface area contributed by atoms with E-state index in [9.17, 15) is 4.79 Å². The van der Waals surface area contributed by atoms with Gasteiger partial charge in [-0.05, 0) is 44.4 Å². The monoisotopic (exact) mass is 378 g/mol. The van der Waals surface area contributed by atoms with Crippen LogP contribution in [0.4, 0.5) is 0 Å². The number of hydrogen-bond acceptors (Lipinski definition) is 5. The molecule has 0 aromatic rings. The second kappa shape index (κ2) is 9.21. The summed E-state index contributed by atoms with van der Waals surface area (Å²) in [6, 6.07) is 0.266. The van der Waals surface area contributed by atoms with E-state index in [2.05, 4.69) is 28.2 Å². The predicted molar refractivity (Wildman–Crippen MR) is 106 cm³/mol. The molecule has 4 fully saturated rings. The van der Waals surface area contributed by atoms with Crippen molar-refractivity contribution < 1.29 is 9.63 Å². The van der Waals surface area contributed by atoms with Gasteiger partial charge < -0.3 is 5.32 Å². The van der Waals surface area contributed by atoms with Gasteiger partial charge in [-0.3, -0.25) is 15.1 Å². The molecule has 4 rings (SSSR count). The van der Waals surface area contributed by atoms with Gasteiger partial charge in [-0.2, -0.15) is 5.48 Å². The van der Waals surface area contributed by atoms with Gasteiger partial charge in [-0.25, -0.2) is 5.01 Å². The fourth-order valence-corrected chi connectivity index (χ4v) is 5.54. The van der Waals surface area contributed by atoms with Crippen molar-refractivity contribution >= 4 is 5.91 Å². The Kier molecular flexibility index (Phi) is 6.69. The zero-order valence-electron chi connectivity index (χ0n) is 16.9. The summed E-state index contributed by atoms with van der Waals surface area (Å²) < 4.78 is 0. The smallest absolute Gasteiger partial charge is 0.239 e. The van der Waals surface area contributed by atoms with Crippen molar-refractivity contribution in [2.24, 2.45) is 11.8 Å². The van der Waals surface area contributed by atoms with Crippen molar-refractivity contribution in [2.45, 2.75) is 102 Å². The Labute approximate surface area is 164 Å². The topological polar surface area (TPSA) is 65.6 Å². The molecule has 0 spiro atoms. The molecule has 0 aromatic heterocycles. The Morgan fingerprint density at radius 3 is 2.52 bits per heavy atom. The Bertz CT molecular complexity index is 491. The van der Waals surface area contributed by atoms with Crippen LogP contribution in [0.15, 0.2) is 0 Å². The highest BCUT2D eigenvalue weighted by Crippen LogP contribution is 2.32. The fourth-order valence-electron chi connectivity index (χ4n) is 5.54. The minimum Gasteiger partial charge on any atom is -0.349 e. The third kappa shape index (κ3) is 5.03.